The molecule has 0 atom stereocenters. The number of hydrogen-bond donors (Lipinski definition) is 1. The number of rotatable bonds is 7. The van der Waals surface area contributed by atoms with E-state index in [1.54, 1.807) is 12.1 Å². The molecule has 1 N–H and O–H groups in total. The fourth-order valence-electron chi connectivity index (χ4n) is 3.54. The van der Waals surface area contributed by atoms with Crippen LogP contribution in [0.4, 0.5) is 13.2 Å². The lowest BCUT2D eigenvalue weighted by molar-refractivity contribution is 0.225. The van der Waals surface area contributed by atoms with Crippen LogP contribution in [0.3, 0.4) is 0 Å². The van der Waals surface area contributed by atoms with Gasteiger partial charge in [-0.1, -0.05) is 30.7 Å². The van der Waals surface area contributed by atoms with Gasteiger partial charge in [-0.05, 0) is 69.6 Å². The van der Waals surface area contributed by atoms with Crippen molar-refractivity contribution in [3.05, 3.63) is 58.9 Å². The second kappa shape index (κ2) is 9.38. The van der Waals surface area contributed by atoms with Gasteiger partial charge in [0.2, 0.25) is 0 Å². The van der Waals surface area contributed by atoms with Gasteiger partial charge in [0, 0.05) is 17.7 Å². The summed E-state index contributed by atoms with van der Waals surface area (Å²) in [5, 5.41) is 3.42. The normalized spacial score (nSPS) is 15.3. The molecule has 2 aromatic rings. The Kier molecular flexibility index (Phi) is 6.91. The highest BCUT2D eigenvalue weighted by molar-refractivity contribution is 5.65. The molecule has 0 aliphatic carbocycles. The van der Waals surface area contributed by atoms with Crippen LogP contribution in [-0.2, 0) is 6.54 Å². The number of halogens is 3. The van der Waals surface area contributed by atoms with Gasteiger partial charge in [-0.3, -0.25) is 0 Å². The second-order valence-corrected chi connectivity index (χ2v) is 7.29. The third-order valence-electron chi connectivity index (χ3n) is 5.26. The highest BCUT2D eigenvalue weighted by atomic mass is 19.2. The van der Waals surface area contributed by atoms with Crippen LogP contribution in [0.25, 0.3) is 11.1 Å². The Morgan fingerprint density at radius 1 is 0.963 bits per heavy atom. The zero-order chi connectivity index (χ0) is 19.2. The molecular weight excluding hydrogens is 349 g/mol. The van der Waals surface area contributed by atoms with E-state index in [9.17, 15) is 13.2 Å². The number of nitrogens with one attached hydrogen (secondary N) is 1. The lowest BCUT2D eigenvalue weighted by Gasteiger charge is -2.26. The van der Waals surface area contributed by atoms with Gasteiger partial charge >= 0.3 is 0 Å². The predicted octanol–water partition coefficient (Wildman–Crippen LogP) is 5.04. The first-order valence-electron chi connectivity index (χ1n) is 9.73. The largest absolute Gasteiger partial charge is 0.313 e. The summed E-state index contributed by atoms with van der Waals surface area (Å²) >= 11 is 0. The molecule has 2 nitrogen and oxygen atoms in total. The molecule has 1 fully saturated rings. The Balaban J connectivity index is 1.50. The summed E-state index contributed by atoms with van der Waals surface area (Å²) in [4.78, 5) is 2.52. The molecule has 5 heteroatoms. The molecule has 1 heterocycles. The van der Waals surface area contributed by atoms with Crippen molar-refractivity contribution >= 4 is 0 Å². The monoisotopic (exact) mass is 376 g/mol. The lowest BCUT2D eigenvalue weighted by Crippen LogP contribution is -2.32. The first-order chi connectivity index (χ1) is 13.1. The van der Waals surface area contributed by atoms with Gasteiger partial charge < -0.3 is 10.2 Å². The Morgan fingerprint density at radius 3 is 2.37 bits per heavy atom. The average Bonchev–Trinajstić information content (AvgIpc) is 2.70. The lowest BCUT2D eigenvalue weighted by atomic mass is 10.0. The maximum absolute atomic E-state index is 14.1. The third-order valence-corrected chi connectivity index (χ3v) is 5.26. The van der Waals surface area contributed by atoms with Crippen molar-refractivity contribution < 1.29 is 13.2 Å². The molecule has 1 aliphatic rings. The molecule has 0 aromatic heterocycles. The molecule has 3 rings (SSSR count). The summed E-state index contributed by atoms with van der Waals surface area (Å²) in [6.45, 7) is 6.48. The minimum absolute atomic E-state index is 0.0448. The van der Waals surface area contributed by atoms with Gasteiger partial charge in [-0.2, -0.15) is 0 Å². The molecule has 0 saturated carbocycles. The Bertz CT molecular complexity index is 753. The quantitative estimate of drug-likeness (QED) is 0.538. The molecule has 0 unspecified atom stereocenters. The van der Waals surface area contributed by atoms with Crippen LogP contribution in [0.15, 0.2) is 30.3 Å². The summed E-state index contributed by atoms with van der Waals surface area (Å²) in [5.41, 5.74) is 1.20. The molecule has 0 amide bonds. The summed E-state index contributed by atoms with van der Waals surface area (Å²) in [5.74, 6) is -2.86. The number of piperidine rings is 1. The van der Waals surface area contributed by atoms with E-state index in [0.717, 1.165) is 37.7 Å². The summed E-state index contributed by atoms with van der Waals surface area (Å²) in [7, 11) is 0. The summed E-state index contributed by atoms with van der Waals surface area (Å²) in [6, 6.07) is 8.19. The van der Waals surface area contributed by atoms with E-state index in [2.05, 4.69) is 10.2 Å². The highest BCUT2D eigenvalue weighted by Gasteiger charge is 2.16. The Morgan fingerprint density at radius 2 is 1.67 bits per heavy atom. The SMILES string of the molecule is Cc1c(F)cc(-c2ccc(CNCCCN3CCCCC3)cc2)c(F)c1F. The van der Waals surface area contributed by atoms with Crippen LogP contribution < -0.4 is 5.32 Å². The minimum atomic E-state index is -1.12. The Labute approximate surface area is 159 Å². The van der Waals surface area contributed by atoms with E-state index >= 15 is 0 Å². The molecule has 0 spiro atoms. The van der Waals surface area contributed by atoms with Crippen LogP contribution in [-0.4, -0.2) is 31.1 Å². The molecule has 27 heavy (non-hydrogen) atoms. The topological polar surface area (TPSA) is 15.3 Å². The van der Waals surface area contributed by atoms with E-state index in [4.69, 9.17) is 0 Å². The van der Waals surface area contributed by atoms with Crippen LogP contribution in [0.1, 0.15) is 36.8 Å². The fourth-order valence-corrected chi connectivity index (χ4v) is 3.54. The molecular formula is C22H27F3N2. The molecule has 1 saturated heterocycles. The zero-order valence-electron chi connectivity index (χ0n) is 15.8. The fraction of sp³-hybridized carbons (Fsp3) is 0.455. The van der Waals surface area contributed by atoms with Crippen molar-refractivity contribution in [2.45, 2.75) is 39.2 Å². The standard InChI is InChI=1S/C22H27F3N2/c1-16-20(23)14-19(22(25)21(16)24)18-8-6-17(7-9-18)15-26-10-5-13-27-11-3-2-4-12-27/h6-9,14,26H,2-5,10-13,15H2,1H3. The summed E-state index contributed by atoms with van der Waals surface area (Å²) < 4.78 is 41.6. The van der Waals surface area contributed by atoms with Crippen LogP contribution in [0.2, 0.25) is 0 Å². The van der Waals surface area contributed by atoms with Crippen molar-refractivity contribution in [1.29, 1.82) is 0 Å². The van der Waals surface area contributed by atoms with E-state index in [0.29, 0.717) is 5.56 Å². The van der Waals surface area contributed by atoms with E-state index in [1.807, 2.05) is 12.1 Å². The maximum atomic E-state index is 14.1. The first-order valence-corrected chi connectivity index (χ1v) is 9.73. The number of hydrogen-bond acceptors (Lipinski definition) is 2. The van der Waals surface area contributed by atoms with E-state index in [-0.39, 0.29) is 11.1 Å². The molecule has 146 valence electrons. The van der Waals surface area contributed by atoms with E-state index < -0.39 is 17.5 Å². The Hall–Kier alpha value is -1.85. The number of likely N-dealkylation sites (tertiary alicyclic amines) is 1. The molecule has 0 bridgehead atoms. The maximum Gasteiger partial charge on any atom is 0.167 e. The van der Waals surface area contributed by atoms with Crippen LogP contribution in [0, 0.1) is 24.4 Å². The van der Waals surface area contributed by atoms with Gasteiger partial charge in [-0.25, -0.2) is 13.2 Å². The van der Waals surface area contributed by atoms with Crippen molar-refractivity contribution in [2.24, 2.45) is 0 Å². The highest BCUT2D eigenvalue weighted by Crippen LogP contribution is 2.28. The van der Waals surface area contributed by atoms with Crippen molar-refractivity contribution in [1.82, 2.24) is 10.2 Å². The smallest absolute Gasteiger partial charge is 0.167 e. The molecule has 1 aliphatic heterocycles. The second-order valence-electron chi connectivity index (χ2n) is 7.29. The van der Waals surface area contributed by atoms with Crippen molar-refractivity contribution in [2.75, 3.05) is 26.2 Å². The van der Waals surface area contributed by atoms with Crippen molar-refractivity contribution in [3.8, 4) is 11.1 Å². The number of nitrogens with zero attached hydrogens (tertiary/aromatic N) is 1. The zero-order valence-corrected chi connectivity index (χ0v) is 15.8. The minimum Gasteiger partial charge on any atom is -0.313 e. The van der Waals surface area contributed by atoms with Gasteiger partial charge in [0.05, 0.1) is 0 Å². The van der Waals surface area contributed by atoms with Gasteiger partial charge in [0.25, 0.3) is 0 Å². The third kappa shape index (κ3) is 5.11. The molecule has 2 aromatic carbocycles. The van der Waals surface area contributed by atoms with Gasteiger partial charge in [0.1, 0.15) is 5.82 Å². The predicted molar refractivity (Wildman–Crippen MR) is 103 cm³/mol. The summed E-state index contributed by atoms with van der Waals surface area (Å²) in [6.07, 6.45) is 5.10. The van der Waals surface area contributed by atoms with Gasteiger partial charge in [-0.15, -0.1) is 0 Å². The van der Waals surface area contributed by atoms with Crippen LogP contribution >= 0.6 is 0 Å². The average molecular weight is 376 g/mol. The molecule has 0 radical (unpaired) electrons. The van der Waals surface area contributed by atoms with Gasteiger partial charge in [0.15, 0.2) is 11.6 Å². The van der Waals surface area contributed by atoms with Crippen LogP contribution in [0.5, 0.6) is 0 Å². The number of benzene rings is 2. The van der Waals surface area contributed by atoms with E-state index in [1.165, 1.54) is 39.3 Å². The van der Waals surface area contributed by atoms with Crippen molar-refractivity contribution in [3.63, 3.8) is 0 Å². The first kappa shape index (κ1) is 19.9.